The first-order valence-electron chi connectivity index (χ1n) is 10.0. The summed E-state index contributed by atoms with van der Waals surface area (Å²) >= 11 is 0. The highest BCUT2D eigenvalue weighted by molar-refractivity contribution is 6.04. The highest BCUT2D eigenvalue weighted by atomic mass is 16.2. The quantitative estimate of drug-likeness (QED) is 0.443. The molecule has 0 aliphatic rings. The highest BCUT2D eigenvalue weighted by Crippen LogP contribution is 2.20. The molecule has 2 N–H and O–H groups in total. The maximum atomic E-state index is 12.9. The summed E-state index contributed by atoms with van der Waals surface area (Å²) in [5.41, 5.74) is 3.46. The van der Waals surface area contributed by atoms with E-state index in [1.54, 1.807) is 16.9 Å². The number of carbonyl (C=O) groups excluding carboxylic acids is 1. The fourth-order valence-corrected chi connectivity index (χ4v) is 3.51. The van der Waals surface area contributed by atoms with Gasteiger partial charge in [0.05, 0.1) is 5.69 Å². The molecule has 0 bridgehead atoms. The predicted molar refractivity (Wildman–Crippen MR) is 121 cm³/mol. The Hall–Kier alpha value is -4.53. The Kier molecular flexibility index (Phi) is 4.83. The van der Waals surface area contributed by atoms with Crippen LogP contribution in [0.2, 0.25) is 0 Å². The first kappa shape index (κ1) is 19.4. The van der Waals surface area contributed by atoms with E-state index in [1.165, 1.54) is 0 Å². The molecule has 9 nitrogen and oxygen atoms in total. The van der Waals surface area contributed by atoms with Crippen molar-refractivity contribution in [2.45, 2.75) is 13.8 Å². The minimum atomic E-state index is -0.210. The fraction of sp³-hybridized carbons (Fsp3) is 0.0870. The lowest BCUT2D eigenvalue weighted by Gasteiger charge is -2.10. The van der Waals surface area contributed by atoms with E-state index >= 15 is 0 Å². The SMILES string of the molecule is Cc1nc(Nc2ccc(NC(=O)c3c(C)nc4ccccn34)cc2)cc(-n2ccnc2)n1. The third-order valence-corrected chi connectivity index (χ3v) is 4.93. The van der Waals surface area contributed by atoms with Gasteiger partial charge in [-0.05, 0) is 50.2 Å². The molecule has 9 heteroatoms. The molecular formula is C23H20N8O. The number of imidazole rings is 2. The number of fused-ring (bicyclic) bond motifs is 1. The summed E-state index contributed by atoms with van der Waals surface area (Å²) in [6, 6.07) is 14.9. The Labute approximate surface area is 183 Å². The van der Waals surface area contributed by atoms with E-state index in [4.69, 9.17) is 0 Å². The Morgan fingerprint density at radius 2 is 1.75 bits per heavy atom. The Morgan fingerprint density at radius 1 is 0.938 bits per heavy atom. The van der Waals surface area contributed by atoms with Crippen LogP contribution in [0.15, 0.2) is 73.4 Å². The number of pyridine rings is 1. The fourth-order valence-electron chi connectivity index (χ4n) is 3.51. The van der Waals surface area contributed by atoms with E-state index in [1.807, 2.05) is 79.3 Å². The molecule has 4 heterocycles. The maximum absolute atomic E-state index is 12.9. The van der Waals surface area contributed by atoms with Gasteiger partial charge in [-0.2, -0.15) is 0 Å². The lowest BCUT2D eigenvalue weighted by Crippen LogP contribution is -2.15. The predicted octanol–water partition coefficient (Wildman–Crippen LogP) is 3.92. The molecule has 0 saturated carbocycles. The van der Waals surface area contributed by atoms with E-state index in [9.17, 15) is 4.79 Å². The first-order valence-corrected chi connectivity index (χ1v) is 10.0. The van der Waals surface area contributed by atoms with Crippen LogP contribution < -0.4 is 10.6 Å². The van der Waals surface area contributed by atoms with Crippen molar-refractivity contribution in [1.29, 1.82) is 0 Å². The van der Waals surface area contributed by atoms with Crippen molar-refractivity contribution in [3.05, 3.63) is 90.7 Å². The molecule has 32 heavy (non-hydrogen) atoms. The summed E-state index contributed by atoms with van der Waals surface area (Å²) in [4.78, 5) is 30.2. The van der Waals surface area contributed by atoms with Crippen molar-refractivity contribution < 1.29 is 4.79 Å². The lowest BCUT2D eigenvalue weighted by atomic mass is 10.2. The van der Waals surface area contributed by atoms with Gasteiger partial charge in [0.25, 0.3) is 5.91 Å². The number of carbonyl (C=O) groups is 1. The van der Waals surface area contributed by atoms with Crippen LogP contribution in [0.25, 0.3) is 11.5 Å². The zero-order valence-electron chi connectivity index (χ0n) is 17.5. The number of nitrogens with zero attached hydrogens (tertiary/aromatic N) is 6. The van der Waals surface area contributed by atoms with Crippen LogP contribution in [-0.4, -0.2) is 34.8 Å². The molecule has 0 atom stereocenters. The van der Waals surface area contributed by atoms with Gasteiger partial charge in [-0.3, -0.25) is 13.8 Å². The number of anilines is 3. The van der Waals surface area contributed by atoms with Crippen LogP contribution in [0.5, 0.6) is 0 Å². The van der Waals surface area contributed by atoms with Gasteiger partial charge in [-0.15, -0.1) is 0 Å². The van der Waals surface area contributed by atoms with E-state index in [0.717, 1.165) is 17.2 Å². The molecule has 0 unspecified atom stereocenters. The number of aryl methyl sites for hydroxylation is 2. The minimum Gasteiger partial charge on any atom is -0.340 e. The van der Waals surface area contributed by atoms with E-state index < -0.39 is 0 Å². The Bertz CT molecular complexity index is 1400. The van der Waals surface area contributed by atoms with Crippen LogP contribution >= 0.6 is 0 Å². The summed E-state index contributed by atoms with van der Waals surface area (Å²) < 4.78 is 3.61. The van der Waals surface area contributed by atoms with E-state index in [0.29, 0.717) is 28.7 Å². The van der Waals surface area contributed by atoms with Crippen LogP contribution in [0.4, 0.5) is 17.2 Å². The number of rotatable bonds is 5. The molecule has 0 saturated heterocycles. The molecule has 1 aromatic carbocycles. The molecule has 4 aromatic heterocycles. The van der Waals surface area contributed by atoms with Crippen LogP contribution in [0.1, 0.15) is 22.0 Å². The first-order chi connectivity index (χ1) is 15.6. The number of benzene rings is 1. The van der Waals surface area contributed by atoms with Crippen LogP contribution in [-0.2, 0) is 0 Å². The second-order valence-corrected chi connectivity index (χ2v) is 7.26. The molecule has 158 valence electrons. The van der Waals surface area contributed by atoms with Gasteiger partial charge in [0.1, 0.15) is 35.1 Å². The molecule has 0 fully saturated rings. The van der Waals surface area contributed by atoms with Crippen molar-refractivity contribution >= 4 is 28.7 Å². The number of nitrogens with one attached hydrogen (secondary N) is 2. The van der Waals surface area contributed by atoms with Crippen molar-refractivity contribution in [3.63, 3.8) is 0 Å². The highest BCUT2D eigenvalue weighted by Gasteiger charge is 2.16. The molecule has 0 radical (unpaired) electrons. The van der Waals surface area contributed by atoms with Gasteiger partial charge in [0.15, 0.2) is 0 Å². The second-order valence-electron chi connectivity index (χ2n) is 7.26. The van der Waals surface area contributed by atoms with Crippen molar-refractivity contribution in [1.82, 2.24) is 28.9 Å². The maximum Gasteiger partial charge on any atom is 0.274 e. The molecule has 5 rings (SSSR count). The number of aromatic nitrogens is 6. The van der Waals surface area contributed by atoms with Crippen LogP contribution in [0, 0.1) is 13.8 Å². The average Bonchev–Trinajstić information content (AvgIpc) is 3.42. The number of hydrogen-bond donors (Lipinski definition) is 2. The minimum absolute atomic E-state index is 0.210. The second kappa shape index (κ2) is 7.95. The van der Waals surface area contributed by atoms with Gasteiger partial charge in [0.2, 0.25) is 0 Å². The summed E-state index contributed by atoms with van der Waals surface area (Å²) in [7, 11) is 0. The van der Waals surface area contributed by atoms with E-state index in [-0.39, 0.29) is 5.91 Å². The largest absolute Gasteiger partial charge is 0.340 e. The van der Waals surface area contributed by atoms with Gasteiger partial charge >= 0.3 is 0 Å². The normalized spacial score (nSPS) is 10.9. The van der Waals surface area contributed by atoms with Gasteiger partial charge in [-0.1, -0.05) is 6.07 Å². The third kappa shape index (κ3) is 3.79. The Balaban J connectivity index is 1.33. The smallest absolute Gasteiger partial charge is 0.274 e. The lowest BCUT2D eigenvalue weighted by molar-refractivity contribution is 0.102. The monoisotopic (exact) mass is 424 g/mol. The van der Waals surface area contributed by atoms with Gasteiger partial charge < -0.3 is 10.6 Å². The summed E-state index contributed by atoms with van der Waals surface area (Å²) in [5, 5.41) is 6.22. The molecule has 1 amide bonds. The standard InChI is InChI=1S/C23H20N8O/c1-15-22(31-11-4-3-5-20(31)25-15)23(32)29-18-8-6-17(7-9-18)28-19-13-21(27-16(2)26-19)30-12-10-24-14-30/h3-14H,1-2H3,(H,29,32)(H,26,27,28). The average molecular weight is 424 g/mol. The molecule has 0 spiro atoms. The van der Waals surface area contributed by atoms with Gasteiger partial charge in [-0.25, -0.2) is 19.9 Å². The number of amides is 1. The summed E-state index contributed by atoms with van der Waals surface area (Å²) in [5.74, 6) is 1.83. The molecule has 0 aliphatic heterocycles. The topological polar surface area (TPSA) is 102 Å². The van der Waals surface area contributed by atoms with Crippen molar-refractivity contribution in [2.75, 3.05) is 10.6 Å². The van der Waals surface area contributed by atoms with Crippen molar-refractivity contribution in [2.24, 2.45) is 0 Å². The van der Waals surface area contributed by atoms with Crippen LogP contribution in [0.3, 0.4) is 0 Å². The Morgan fingerprint density at radius 3 is 2.53 bits per heavy atom. The molecular weight excluding hydrogens is 404 g/mol. The molecule has 0 aliphatic carbocycles. The van der Waals surface area contributed by atoms with Gasteiger partial charge in [0, 0.05) is 36.0 Å². The zero-order chi connectivity index (χ0) is 22.1. The summed E-state index contributed by atoms with van der Waals surface area (Å²) in [6.07, 6.45) is 7.05. The number of hydrogen-bond acceptors (Lipinski definition) is 6. The molecule has 5 aromatic rings. The zero-order valence-corrected chi connectivity index (χ0v) is 17.5. The summed E-state index contributed by atoms with van der Waals surface area (Å²) in [6.45, 7) is 3.67. The van der Waals surface area contributed by atoms with E-state index in [2.05, 4.69) is 30.6 Å². The third-order valence-electron chi connectivity index (χ3n) is 4.93. The van der Waals surface area contributed by atoms with Crippen molar-refractivity contribution in [3.8, 4) is 5.82 Å².